The van der Waals surface area contributed by atoms with Gasteiger partial charge in [0, 0.05) is 11.3 Å². The summed E-state index contributed by atoms with van der Waals surface area (Å²) in [5.74, 6) is -0.427. The minimum atomic E-state index is -3.57. The van der Waals surface area contributed by atoms with Gasteiger partial charge in [0.05, 0.1) is 29.2 Å². The first-order chi connectivity index (χ1) is 14.9. The molecule has 0 unspecified atom stereocenters. The van der Waals surface area contributed by atoms with Gasteiger partial charge < -0.3 is 4.74 Å². The maximum atomic E-state index is 12.6. The molecule has 0 aliphatic heterocycles. The molecule has 170 valence electrons. The van der Waals surface area contributed by atoms with Crippen LogP contribution in [0.4, 0.5) is 5.69 Å². The van der Waals surface area contributed by atoms with Crippen molar-refractivity contribution < 1.29 is 17.9 Å². The van der Waals surface area contributed by atoms with E-state index in [2.05, 4.69) is 9.82 Å². The third-order valence-electron chi connectivity index (χ3n) is 4.75. The number of rotatable bonds is 7. The third kappa shape index (κ3) is 6.20. The molecule has 1 aromatic heterocycles. The number of esters is 1. The average molecular weight is 456 g/mol. The van der Waals surface area contributed by atoms with Crippen LogP contribution in [-0.2, 0) is 31.7 Å². The van der Waals surface area contributed by atoms with Gasteiger partial charge >= 0.3 is 5.97 Å². The van der Waals surface area contributed by atoms with E-state index in [0.717, 1.165) is 17.0 Å². The average Bonchev–Trinajstić information content (AvgIpc) is 2.95. The number of anilines is 1. The van der Waals surface area contributed by atoms with Crippen LogP contribution in [0.2, 0.25) is 0 Å². The highest BCUT2D eigenvalue weighted by Gasteiger charge is 2.21. The predicted molar refractivity (Wildman–Crippen MR) is 125 cm³/mol. The van der Waals surface area contributed by atoms with Crippen LogP contribution in [0.5, 0.6) is 0 Å². The van der Waals surface area contributed by atoms with E-state index in [9.17, 15) is 13.2 Å². The van der Waals surface area contributed by atoms with Crippen molar-refractivity contribution in [2.24, 2.45) is 0 Å². The summed E-state index contributed by atoms with van der Waals surface area (Å²) in [7, 11) is -3.57. The van der Waals surface area contributed by atoms with Crippen molar-refractivity contribution in [2.45, 2.75) is 52.4 Å². The maximum Gasteiger partial charge on any atom is 0.310 e. The molecule has 0 aliphatic rings. The topological polar surface area (TPSA) is 90.3 Å². The van der Waals surface area contributed by atoms with Gasteiger partial charge in [0.2, 0.25) is 10.0 Å². The van der Waals surface area contributed by atoms with Gasteiger partial charge in [-0.25, -0.2) is 13.1 Å². The number of hydrogen-bond acceptors (Lipinski definition) is 5. The fourth-order valence-corrected chi connectivity index (χ4v) is 4.60. The Kier molecular flexibility index (Phi) is 6.74. The summed E-state index contributed by atoms with van der Waals surface area (Å²) in [5, 5.41) is 4.57. The molecule has 0 amide bonds. The zero-order valence-corrected chi connectivity index (χ0v) is 19.9. The Labute approximate surface area is 189 Å². The van der Waals surface area contributed by atoms with Crippen molar-refractivity contribution in [1.82, 2.24) is 9.78 Å². The van der Waals surface area contributed by atoms with Crippen LogP contribution in [0.15, 0.2) is 54.6 Å². The lowest BCUT2D eigenvalue weighted by atomic mass is 10.1. The molecule has 0 atom stereocenters. The molecule has 0 saturated heterocycles. The van der Waals surface area contributed by atoms with Gasteiger partial charge in [0.25, 0.3) is 0 Å². The van der Waals surface area contributed by atoms with Gasteiger partial charge in [-0.15, -0.1) is 0 Å². The monoisotopic (exact) mass is 455 g/mol. The summed E-state index contributed by atoms with van der Waals surface area (Å²) in [6, 6.07) is 16.0. The van der Waals surface area contributed by atoms with E-state index in [1.807, 2.05) is 58.9 Å². The van der Waals surface area contributed by atoms with Crippen LogP contribution in [-0.4, -0.2) is 29.8 Å². The van der Waals surface area contributed by atoms with Gasteiger partial charge in [0.15, 0.2) is 0 Å². The number of carbonyl (C=O) groups is 1. The van der Waals surface area contributed by atoms with E-state index in [4.69, 9.17) is 4.74 Å². The van der Waals surface area contributed by atoms with Crippen LogP contribution in [0.3, 0.4) is 0 Å². The highest BCUT2D eigenvalue weighted by molar-refractivity contribution is 7.91. The third-order valence-corrected chi connectivity index (χ3v) is 6.01. The molecule has 32 heavy (non-hydrogen) atoms. The van der Waals surface area contributed by atoms with E-state index >= 15 is 0 Å². The molecule has 0 fully saturated rings. The number of ether oxygens (including phenoxy) is 1. The predicted octanol–water partition coefficient (Wildman–Crippen LogP) is 4.32. The molecule has 1 heterocycles. The molecule has 8 heteroatoms. The first-order valence-corrected chi connectivity index (χ1v) is 12.0. The summed E-state index contributed by atoms with van der Waals surface area (Å²) in [5.41, 5.74) is 3.62. The highest BCUT2D eigenvalue weighted by Crippen LogP contribution is 2.23. The largest absolute Gasteiger partial charge is 0.460 e. The lowest BCUT2D eigenvalue weighted by molar-refractivity contribution is -0.153. The van der Waals surface area contributed by atoms with Gasteiger partial charge in [0.1, 0.15) is 5.60 Å². The summed E-state index contributed by atoms with van der Waals surface area (Å²) in [4.78, 5) is 12.3. The van der Waals surface area contributed by atoms with Gasteiger partial charge in [-0.2, -0.15) is 5.10 Å². The lowest BCUT2D eigenvalue weighted by Crippen LogP contribution is -2.25. The van der Waals surface area contributed by atoms with Crippen molar-refractivity contribution >= 4 is 21.7 Å². The second kappa shape index (κ2) is 9.16. The molecule has 2 aromatic carbocycles. The minimum absolute atomic E-state index is 0.113. The fourth-order valence-electron chi connectivity index (χ4n) is 3.41. The molecule has 3 rings (SSSR count). The van der Waals surface area contributed by atoms with Crippen LogP contribution >= 0.6 is 0 Å². The highest BCUT2D eigenvalue weighted by atomic mass is 32.2. The van der Waals surface area contributed by atoms with Gasteiger partial charge in [-0.3, -0.25) is 9.52 Å². The standard InChI is InChI=1S/C24H29N3O4S/c1-17-22(15-23(28)31-24(3,4)5)18(2)27(25-17)21-13-9-12-20(14-21)26-32(29,30)16-19-10-7-6-8-11-19/h6-14,26H,15-16H2,1-5H3. The van der Waals surface area contributed by atoms with Crippen LogP contribution in [0, 0.1) is 13.8 Å². The van der Waals surface area contributed by atoms with Gasteiger partial charge in [-0.1, -0.05) is 36.4 Å². The Morgan fingerprint density at radius 3 is 2.41 bits per heavy atom. The summed E-state index contributed by atoms with van der Waals surface area (Å²) in [6.07, 6.45) is 0.123. The van der Waals surface area contributed by atoms with Crippen molar-refractivity contribution in [3.8, 4) is 5.69 Å². The van der Waals surface area contributed by atoms with Gasteiger partial charge in [-0.05, 0) is 58.4 Å². The Hall–Kier alpha value is -3.13. The Morgan fingerprint density at radius 2 is 1.75 bits per heavy atom. The molecule has 0 radical (unpaired) electrons. The van der Waals surface area contributed by atoms with E-state index in [0.29, 0.717) is 16.9 Å². The molecule has 0 spiro atoms. The minimum Gasteiger partial charge on any atom is -0.460 e. The molecule has 0 saturated carbocycles. The molecular formula is C24H29N3O4S. The molecule has 0 aliphatic carbocycles. The number of benzene rings is 2. The van der Waals surface area contributed by atoms with E-state index in [1.54, 1.807) is 35.0 Å². The zero-order valence-electron chi connectivity index (χ0n) is 19.0. The SMILES string of the molecule is Cc1nn(-c2cccc(NS(=O)(=O)Cc3ccccc3)c2)c(C)c1CC(=O)OC(C)(C)C. The first-order valence-electron chi connectivity index (χ1n) is 10.4. The van der Waals surface area contributed by atoms with E-state index < -0.39 is 15.6 Å². The smallest absolute Gasteiger partial charge is 0.310 e. The van der Waals surface area contributed by atoms with Crippen LogP contribution in [0.1, 0.15) is 43.3 Å². The number of aryl methyl sites for hydroxylation is 1. The van der Waals surface area contributed by atoms with Crippen LogP contribution < -0.4 is 4.72 Å². The maximum absolute atomic E-state index is 12.6. The normalized spacial score (nSPS) is 11.9. The quantitative estimate of drug-likeness (QED) is 0.536. The molecule has 3 aromatic rings. The molecule has 7 nitrogen and oxygen atoms in total. The number of sulfonamides is 1. The van der Waals surface area contributed by atoms with E-state index in [-0.39, 0.29) is 18.1 Å². The van der Waals surface area contributed by atoms with Crippen molar-refractivity contribution in [2.75, 3.05) is 4.72 Å². The van der Waals surface area contributed by atoms with Crippen molar-refractivity contribution in [1.29, 1.82) is 0 Å². The zero-order chi connectivity index (χ0) is 23.5. The first kappa shape index (κ1) is 23.5. The number of hydrogen-bond donors (Lipinski definition) is 1. The second-order valence-electron chi connectivity index (χ2n) is 8.72. The summed E-state index contributed by atoms with van der Waals surface area (Å²) in [6.45, 7) is 9.22. The molecule has 1 N–H and O–H groups in total. The molecular weight excluding hydrogens is 426 g/mol. The van der Waals surface area contributed by atoms with Crippen LogP contribution in [0.25, 0.3) is 5.69 Å². The van der Waals surface area contributed by atoms with Crippen molar-refractivity contribution in [3.63, 3.8) is 0 Å². The lowest BCUT2D eigenvalue weighted by Gasteiger charge is -2.19. The number of nitrogens with zero attached hydrogens (tertiary/aromatic N) is 2. The Bertz CT molecular complexity index is 1210. The Balaban J connectivity index is 1.81. The number of aromatic nitrogens is 2. The van der Waals surface area contributed by atoms with Crippen molar-refractivity contribution in [3.05, 3.63) is 77.1 Å². The number of carbonyl (C=O) groups excluding carboxylic acids is 1. The summed E-state index contributed by atoms with van der Waals surface area (Å²) < 4.78 is 35.0. The van der Waals surface area contributed by atoms with E-state index in [1.165, 1.54) is 0 Å². The second-order valence-corrected chi connectivity index (χ2v) is 10.4. The number of nitrogens with one attached hydrogen (secondary N) is 1. The Morgan fingerprint density at radius 1 is 1.06 bits per heavy atom. The fraction of sp³-hybridized carbons (Fsp3) is 0.333. The summed E-state index contributed by atoms with van der Waals surface area (Å²) >= 11 is 0. The molecule has 0 bridgehead atoms.